The van der Waals surface area contributed by atoms with Crippen molar-refractivity contribution in [1.29, 1.82) is 0 Å². The molecule has 0 spiro atoms. The molecular weight excluding hydrogens is 279 g/mol. The SMILES string of the molecule is CC(C)(CCl)C(=O)Nc1ccc(Br)nc1. The first-order chi connectivity index (χ1) is 6.95. The molecule has 5 heteroatoms. The number of alkyl halides is 1. The Kier molecular flexibility index (Phi) is 4.11. The Morgan fingerprint density at radius 2 is 2.27 bits per heavy atom. The zero-order valence-corrected chi connectivity index (χ0v) is 10.9. The Hall–Kier alpha value is -0.610. The highest BCUT2D eigenvalue weighted by Crippen LogP contribution is 2.20. The van der Waals surface area contributed by atoms with Crippen molar-refractivity contribution in [2.75, 3.05) is 11.2 Å². The summed E-state index contributed by atoms with van der Waals surface area (Å²) in [5, 5.41) is 2.75. The quantitative estimate of drug-likeness (QED) is 0.687. The lowest BCUT2D eigenvalue weighted by Crippen LogP contribution is -2.32. The molecule has 0 atom stereocenters. The van der Waals surface area contributed by atoms with Crippen LogP contribution in [-0.2, 0) is 4.79 Å². The van der Waals surface area contributed by atoms with Crippen molar-refractivity contribution < 1.29 is 4.79 Å². The van der Waals surface area contributed by atoms with E-state index < -0.39 is 5.41 Å². The maximum atomic E-state index is 11.7. The number of rotatable bonds is 3. The number of amides is 1. The van der Waals surface area contributed by atoms with Crippen molar-refractivity contribution in [3.63, 3.8) is 0 Å². The Bertz CT molecular complexity index is 351. The fourth-order valence-corrected chi connectivity index (χ4v) is 1.17. The van der Waals surface area contributed by atoms with E-state index >= 15 is 0 Å². The third kappa shape index (κ3) is 3.47. The molecular formula is C10H12BrClN2O. The molecule has 1 heterocycles. The van der Waals surface area contributed by atoms with E-state index in [9.17, 15) is 4.79 Å². The highest BCUT2D eigenvalue weighted by atomic mass is 79.9. The number of nitrogens with zero attached hydrogens (tertiary/aromatic N) is 1. The van der Waals surface area contributed by atoms with Crippen LogP contribution in [0.15, 0.2) is 22.9 Å². The van der Waals surface area contributed by atoms with Gasteiger partial charge in [-0.2, -0.15) is 0 Å². The second kappa shape index (κ2) is 4.94. The minimum absolute atomic E-state index is 0.110. The summed E-state index contributed by atoms with van der Waals surface area (Å²) < 4.78 is 0.733. The van der Waals surface area contributed by atoms with Crippen LogP contribution in [-0.4, -0.2) is 16.8 Å². The normalized spacial score (nSPS) is 11.2. The topological polar surface area (TPSA) is 42.0 Å². The third-order valence-corrected chi connectivity index (χ3v) is 3.07. The summed E-state index contributed by atoms with van der Waals surface area (Å²) in [6.07, 6.45) is 1.59. The zero-order valence-electron chi connectivity index (χ0n) is 8.55. The number of halogens is 2. The molecule has 3 nitrogen and oxygen atoms in total. The molecule has 0 fully saturated rings. The fraction of sp³-hybridized carbons (Fsp3) is 0.400. The van der Waals surface area contributed by atoms with Gasteiger partial charge in [0, 0.05) is 5.88 Å². The van der Waals surface area contributed by atoms with Crippen LogP contribution in [0.2, 0.25) is 0 Å². The molecule has 0 radical (unpaired) electrons. The van der Waals surface area contributed by atoms with Gasteiger partial charge in [0.1, 0.15) is 4.60 Å². The number of nitrogens with one attached hydrogen (secondary N) is 1. The van der Waals surface area contributed by atoms with Crippen molar-refractivity contribution >= 4 is 39.1 Å². The molecule has 0 saturated carbocycles. The summed E-state index contributed by atoms with van der Waals surface area (Å²) in [4.78, 5) is 15.7. The Labute approximate surface area is 102 Å². The average molecular weight is 292 g/mol. The first-order valence-corrected chi connectivity index (χ1v) is 5.77. The van der Waals surface area contributed by atoms with E-state index in [-0.39, 0.29) is 11.8 Å². The van der Waals surface area contributed by atoms with Crippen LogP contribution in [0, 0.1) is 5.41 Å². The molecule has 15 heavy (non-hydrogen) atoms. The van der Waals surface area contributed by atoms with Gasteiger partial charge in [0.05, 0.1) is 17.3 Å². The molecule has 82 valence electrons. The standard InChI is InChI=1S/C10H12BrClN2O/c1-10(2,6-12)9(15)14-7-3-4-8(11)13-5-7/h3-5H,6H2,1-2H3,(H,14,15). The lowest BCUT2D eigenvalue weighted by Gasteiger charge is -2.20. The minimum Gasteiger partial charge on any atom is -0.324 e. The molecule has 0 bridgehead atoms. The Balaban J connectivity index is 2.71. The minimum atomic E-state index is -0.575. The van der Waals surface area contributed by atoms with Gasteiger partial charge >= 0.3 is 0 Å². The Morgan fingerprint density at radius 1 is 1.60 bits per heavy atom. The smallest absolute Gasteiger partial charge is 0.231 e. The predicted molar refractivity (Wildman–Crippen MR) is 65.1 cm³/mol. The van der Waals surface area contributed by atoms with Gasteiger partial charge < -0.3 is 5.32 Å². The molecule has 1 N–H and O–H groups in total. The first kappa shape index (κ1) is 12.5. The van der Waals surface area contributed by atoms with Crippen LogP contribution < -0.4 is 5.32 Å². The first-order valence-electron chi connectivity index (χ1n) is 4.45. The van der Waals surface area contributed by atoms with Crippen LogP contribution in [0.4, 0.5) is 5.69 Å². The molecule has 0 unspecified atom stereocenters. The maximum Gasteiger partial charge on any atom is 0.231 e. The second-order valence-corrected chi connectivity index (χ2v) is 4.92. The van der Waals surface area contributed by atoms with Gasteiger partial charge in [-0.1, -0.05) is 0 Å². The van der Waals surface area contributed by atoms with Gasteiger partial charge in [-0.25, -0.2) is 4.98 Å². The molecule has 0 aliphatic carbocycles. The van der Waals surface area contributed by atoms with Crippen molar-refractivity contribution in [3.05, 3.63) is 22.9 Å². The van der Waals surface area contributed by atoms with Gasteiger partial charge in [0.15, 0.2) is 0 Å². The van der Waals surface area contributed by atoms with Crippen molar-refractivity contribution in [2.45, 2.75) is 13.8 Å². The molecule has 1 aromatic rings. The van der Waals surface area contributed by atoms with E-state index in [2.05, 4.69) is 26.2 Å². The molecule has 0 aliphatic rings. The van der Waals surface area contributed by atoms with Gasteiger partial charge in [-0.3, -0.25) is 4.79 Å². The number of pyridine rings is 1. The lowest BCUT2D eigenvalue weighted by molar-refractivity contribution is -0.122. The van der Waals surface area contributed by atoms with E-state index in [1.165, 1.54) is 0 Å². The van der Waals surface area contributed by atoms with Crippen LogP contribution in [0.5, 0.6) is 0 Å². The highest BCUT2D eigenvalue weighted by Gasteiger charge is 2.26. The number of anilines is 1. The molecule has 0 saturated heterocycles. The van der Waals surface area contributed by atoms with Gasteiger partial charge in [0.25, 0.3) is 0 Å². The number of aromatic nitrogens is 1. The summed E-state index contributed by atoms with van der Waals surface area (Å²) in [7, 11) is 0. The summed E-state index contributed by atoms with van der Waals surface area (Å²) >= 11 is 8.92. The number of hydrogen-bond donors (Lipinski definition) is 1. The molecule has 1 rings (SSSR count). The predicted octanol–water partition coefficient (Wildman–Crippen LogP) is 3.05. The van der Waals surface area contributed by atoms with Crippen molar-refractivity contribution in [2.24, 2.45) is 5.41 Å². The van der Waals surface area contributed by atoms with Gasteiger partial charge in [0.2, 0.25) is 5.91 Å². The van der Waals surface area contributed by atoms with Crippen LogP contribution in [0.3, 0.4) is 0 Å². The summed E-state index contributed by atoms with van der Waals surface area (Å²) in [5.74, 6) is 0.171. The number of hydrogen-bond acceptors (Lipinski definition) is 2. The van der Waals surface area contributed by atoms with E-state index in [0.29, 0.717) is 5.69 Å². The average Bonchev–Trinajstić information content (AvgIpc) is 2.21. The maximum absolute atomic E-state index is 11.7. The van der Waals surface area contributed by atoms with E-state index in [1.54, 1.807) is 32.2 Å². The summed E-state index contributed by atoms with van der Waals surface area (Å²) in [6, 6.07) is 3.54. The van der Waals surface area contributed by atoms with Crippen LogP contribution >= 0.6 is 27.5 Å². The molecule has 0 aliphatic heterocycles. The van der Waals surface area contributed by atoms with E-state index in [4.69, 9.17) is 11.6 Å². The molecule has 1 aromatic heterocycles. The molecule has 0 aromatic carbocycles. The van der Waals surface area contributed by atoms with E-state index in [0.717, 1.165) is 4.60 Å². The summed E-state index contributed by atoms with van der Waals surface area (Å²) in [6.45, 7) is 3.59. The lowest BCUT2D eigenvalue weighted by atomic mass is 9.95. The van der Waals surface area contributed by atoms with Crippen LogP contribution in [0.25, 0.3) is 0 Å². The monoisotopic (exact) mass is 290 g/mol. The van der Waals surface area contributed by atoms with Crippen molar-refractivity contribution in [1.82, 2.24) is 4.98 Å². The number of carbonyl (C=O) groups is 1. The Morgan fingerprint density at radius 3 is 2.73 bits per heavy atom. The van der Waals surface area contributed by atoms with Gasteiger partial charge in [-0.05, 0) is 41.9 Å². The van der Waals surface area contributed by atoms with Gasteiger partial charge in [-0.15, -0.1) is 11.6 Å². The highest BCUT2D eigenvalue weighted by molar-refractivity contribution is 9.10. The van der Waals surface area contributed by atoms with Crippen LogP contribution in [0.1, 0.15) is 13.8 Å². The summed E-state index contributed by atoms with van der Waals surface area (Å²) in [5.41, 5.74) is 0.0932. The molecule has 1 amide bonds. The largest absolute Gasteiger partial charge is 0.324 e. The second-order valence-electron chi connectivity index (χ2n) is 3.84. The fourth-order valence-electron chi connectivity index (χ4n) is 0.811. The zero-order chi connectivity index (χ0) is 11.5. The van der Waals surface area contributed by atoms with E-state index in [1.807, 2.05) is 0 Å². The third-order valence-electron chi connectivity index (χ3n) is 1.93. The van der Waals surface area contributed by atoms with Crippen molar-refractivity contribution in [3.8, 4) is 0 Å². The number of carbonyl (C=O) groups excluding carboxylic acids is 1.